The van der Waals surface area contributed by atoms with Crippen LogP contribution in [0.15, 0.2) is 17.5 Å². The van der Waals surface area contributed by atoms with Gasteiger partial charge in [-0.2, -0.15) is 0 Å². The van der Waals surface area contributed by atoms with Gasteiger partial charge in [0.25, 0.3) is 0 Å². The third kappa shape index (κ3) is 4.82. The molecule has 1 atom stereocenters. The lowest BCUT2D eigenvalue weighted by Gasteiger charge is -2.24. The predicted molar refractivity (Wildman–Crippen MR) is 80.8 cm³/mol. The van der Waals surface area contributed by atoms with Crippen LogP contribution < -0.4 is 0 Å². The average molecular weight is 311 g/mol. The zero-order valence-corrected chi connectivity index (χ0v) is 13.4. The van der Waals surface area contributed by atoms with E-state index >= 15 is 0 Å². The van der Waals surface area contributed by atoms with Crippen LogP contribution in [0.4, 0.5) is 4.79 Å². The average Bonchev–Trinajstić information content (AvgIpc) is 3.05. The number of hydrogen-bond acceptors (Lipinski definition) is 5. The fraction of sp³-hybridized carbons (Fsp3) is 0.600. The molecule has 2 heterocycles. The van der Waals surface area contributed by atoms with Crippen LogP contribution in [0.2, 0.25) is 0 Å². The van der Waals surface area contributed by atoms with E-state index in [1.54, 1.807) is 11.0 Å². The van der Waals surface area contributed by atoms with E-state index in [9.17, 15) is 9.59 Å². The second-order valence-corrected chi connectivity index (χ2v) is 7.00. The molecule has 1 aliphatic rings. The number of hydrogen-bond donors (Lipinski definition) is 0. The molecule has 2 rings (SSSR count). The summed E-state index contributed by atoms with van der Waals surface area (Å²) in [5, 5.41) is 1.87. The Labute approximate surface area is 128 Å². The lowest BCUT2D eigenvalue weighted by molar-refractivity contribution is 0.0218. The van der Waals surface area contributed by atoms with Crippen LogP contribution in [-0.2, 0) is 9.47 Å². The van der Waals surface area contributed by atoms with E-state index in [-0.39, 0.29) is 24.6 Å². The number of Topliss-reactive ketones (excluding diaryl/α,β-unsaturated/α-hetero) is 1. The van der Waals surface area contributed by atoms with Crippen LogP contribution in [0.25, 0.3) is 0 Å². The molecule has 0 aromatic carbocycles. The van der Waals surface area contributed by atoms with Crippen molar-refractivity contribution in [2.75, 3.05) is 19.7 Å². The van der Waals surface area contributed by atoms with Crippen molar-refractivity contribution in [3.05, 3.63) is 22.4 Å². The number of nitrogens with zero attached hydrogens (tertiary/aromatic N) is 1. The number of ketones is 1. The summed E-state index contributed by atoms with van der Waals surface area (Å²) in [5.41, 5.74) is -0.495. The van der Waals surface area contributed by atoms with Crippen LogP contribution in [0.3, 0.4) is 0 Å². The van der Waals surface area contributed by atoms with Gasteiger partial charge in [0.1, 0.15) is 12.2 Å². The van der Waals surface area contributed by atoms with E-state index in [2.05, 4.69) is 0 Å². The molecule has 1 aliphatic heterocycles. The van der Waals surface area contributed by atoms with Crippen molar-refractivity contribution in [1.82, 2.24) is 4.90 Å². The molecular formula is C15H21NO4S. The highest BCUT2D eigenvalue weighted by Crippen LogP contribution is 2.18. The van der Waals surface area contributed by atoms with Crippen LogP contribution in [0, 0.1) is 0 Å². The van der Waals surface area contributed by atoms with Crippen molar-refractivity contribution < 1.29 is 19.1 Å². The Balaban J connectivity index is 1.75. The molecule has 5 nitrogen and oxygen atoms in total. The second-order valence-electron chi connectivity index (χ2n) is 6.05. The molecule has 0 radical (unpaired) electrons. The van der Waals surface area contributed by atoms with Gasteiger partial charge >= 0.3 is 6.09 Å². The highest BCUT2D eigenvalue weighted by atomic mass is 32.1. The zero-order valence-electron chi connectivity index (χ0n) is 12.6. The molecule has 1 fully saturated rings. The Morgan fingerprint density at radius 2 is 2.19 bits per heavy atom. The van der Waals surface area contributed by atoms with Crippen molar-refractivity contribution in [2.45, 2.75) is 38.9 Å². The number of amides is 1. The van der Waals surface area contributed by atoms with Crippen LogP contribution >= 0.6 is 11.3 Å². The Morgan fingerprint density at radius 3 is 2.81 bits per heavy atom. The number of carbonyl (C=O) groups is 2. The molecule has 0 saturated carbocycles. The largest absolute Gasteiger partial charge is 0.444 e. The second kappa shape index (κ2) is 6.58. The molecule has 6 heteroatoms. The molecule has 0 unspecified atom stereocenters. The first-order valence-corrected chi connectivity index (χ1v) is 7.89. The summed E-state index contributed by atoms with van der Waals surface area (Å²) < 4.78 is 10.9. The van der Waals surface area contributed by atoms with E-state index in [1.165, 1.54) is 11.3 Å². The van der Waals surface area contributed by atoms with Crippen LogP contribution in [-0.4, -0.2) is 48.2 Å². The van der Waals surface area contributed by atoms with E-state index in [1.807, 2.05) is 32.2 Å². The van der Waals surface area contributed by atoms with E-state index in [0.717, 1.165) is 6.42 Å². The third-order valence-corrected chi connectivity index (χ3v) is 3.95. The minimum atomic E-state index is -0.495. The van der Waals surface area contributed by atoms with E-state index < -0.39 is 5.60 Å². The van der Waals surface area contributed by atoms with Gasteiger partial charge in [-0.1, -0.05) is 6.07 Å². The minimum Gasteiger partial charge on any atom is -0.444 e. The molecule has 21 heavy (non-hydrogen) atoms. The maximum Gasteiger partial charge on any atom is 0.410 e. The fourth-order valence-electron chi connectivity index (χ4n) is 2.06. The molecule has 1 aromatic heterocycles. The molecule has 1 aromatic rings. The summed E-state index contributed by atoms with van der Waals surface area (Å²) in [4.78, 5) is 26.1. The first kappa shape index (κ1) is 16.0. The Bertz CT molecular complexity index is 492. The predicted octanol–water partition coefficient (Wildman–Crippen LogP) is 2.96. The minimum absolute atomic E-state index is 0.0132. The van der Waals surface area contributed by atoms with Crippen LogP contribution in [0.5, 0.6) is 0 Å². The van der Waals surface area contributed by atoms with Gasteiger partial charge in [0.05, 0.1) is 17.5 Å². The number of carbonyl (C=O) groups excluding carboxylic acids is 2. The SMILES string of the molecule is CC(C)(C)OC(=O)N1CC[C@@H](OCC(=O)c2cccs2)C1. The summed E-state index contributed by atoms with van der Waals surface area (Å²) in [7, 11) is 0. The van der Waals surface area contributed by atoms with Crippen molar-refractivity contribution in [2.24, 2.45) is 0 Å². The van der Waals surface area contributed by atoms with Crippen LogP contribution in [0.1, 0.15) is 36.9 Å². The number of ether oxygens (including phenoxy) is 2. The van der Waals surface area contributed by atoms with Gasteiger partial charge < -0.3 is 14.4 Å². The number of rotatable bonds is 4. The topological polar surface area (TPSA) is 55.8 Å². The van der Waals surface area contributed by atoms with Gasteiger partial charge in [0.2, 0.25) is 0 Å². The number of thiophene rings is 1. The Hall–Kier alpha value is -1.40. The molecule has 1 saturated heterocycles. The normalized spacial score (nSPS) is 18.8. The highest BCUT2D eigenvalue weighted by Gasteiger charge is 2.30. The van der Waals surface area contributed by atoms with E-state index in [0.29, 0.717) is 18.0 Å². The lowest BCUT2D eigenvalue weighted by atomic mass is 10.2. The van der Waals surface area contributed by atoms with Gasteiger partial charge in [-0.3, -0.25) is 4.79 Å². The maximum absolute atomic E-state index is 11.9. The maximum atomic E-state index is 11.9. The summed E-state index contributed by atoms with van der Waals surface area (Å²) in [5.74, 6) is -0.0132. The van der Waals surface area contributed by atoms with Gasteiger partial charge in [-0.15, -0.1) is 11.3 Å². The standard InChI is InChI=1S/C15H21NO4S/c1-15(2,3)20-14(18)16-7-6-11(9-16)19-10-12(17)13-5-4-8-21-13/h4-5,8,11H,6-7,9-10H2,1-3H3/t11-/m1/s1. The molecule has 0 N–H and O–H groups in total. The zero-order chi connectivity index (χ0) is 15.5. The highest BCUT2D eigenvalue weighted by molar-refractivity contribution is 7.12. The summed E-state index contributed by atoms with van der Waals surface area (Å²) in [6.07, 6.45) is 0.316. The quantitative estimate of drug-likeness (QED) is 0.802. The summed E-state index contributed by atoms with van der Waals surface area (Å²) in [6, 6.07) is 3.63. The van der Waals surface area contributed by atoms with Crippen molar-refractivity contribution in [3.8, 4) is 0 Å². The van der Waals surface area contributed by atoms with Gasteiger partial charge in [0, 0.05) is 6.54 Å². The van der Waals surface area contributed by atoms with Crippen molar-refractivity contribution in [1.29, 1.82) is 0 Å². The molecule has 0 spiro atoms. The molecule has 116 valence electrons. The first-order valence-electron chi connectivity index (χ1n) is 7.01. The van der Waals surface area contributed by atoms with Gasteiger partial charge in [-0.25, -0.2) is 4.79 Å². The van der Waals surface area contributed by atoms with E-state index in [4.69, 9.17) is 9.47 Å². The molecule has 1 amide bonds. The van der Waals surface area contributed by atoms with Gasteiger partial charge in [-0.05, 0) is 38.6 Å². The van der Waals surface area contributed by atoms with Crippen molar-refractivity contribution in [3.63, 3.8) is 0 Å². The van der Waals surface area contributed by atoms with Gasteiger partial charge in [0.15, 0.2) is 5.78 Å². The Morgan fingerprint density at radius 1 is 1.43 bits per heavy atom. The molecular weight excluding hydrogens is 290 g/mol. The van der Waals surface area contributed by atoms with Crippen molar-refractivity contribution >= 4 is 23.2 Å². The molecule has 0 bridgehead atoms. The third-order valence-electron chi connectivity index (χ3n) is 3.04. The number of likely N-dealkylation sites (tertiary alicyclic amines) is 1. The Kier molecular flexibility index (Phi) is 5.00. The smallest absolute Gasteiger partial charge is 0.410 e. The lowest BCUT2D eigenvalue weighted by Crippen LogP contribution is -2.36. The monoisotopic (exact) mass is 311 g/mol. The first-order chi connectivity index (χ1) is 9.85. The summed E-state index contributed by atoms with van der Waals surface area (Å²) >= 11 is 1.41. The fourth-order valence-corrected chi connectivity index (χ4v) is 2.71. The summed E-state index contributed by atoms with van der Waals surface area (Å²) in [6.45, 7) is 6.67. The molecule has 0 aliphatic carbocycles.